The van der Waals surface area contributed by atoms with Crippen LogP contribution in [0.3, 0.4) is 0 Å². The number of ether oxygens (including phenoxy) is 3. The van der Waals surface area contributed by atoms with Crippen LogP contribution >= 0.6 is 0 Å². The molecule has 8 nitrogen and oxygen atoms in total. The number of halogens is 1. The number of alkyl halides is 1. The Balaban J connectivity index is 1.46. The summed E-state index contributed by atoms with van der Waals surface area (Å²) < 4.78 is 31.2. The van der Waals surface area contributed by atoms with Crippen LogP contribution in [0.15, 0.2) is 36.7 Å². The number of hydrogen-bond acceptors (Lipinski definition) is 6. The predicted molar refractivity (Wildman–Crippen MR) is 106 cm³/mol. The lowest BCUT2D eigenvalue weighted by Crippen LogP contribution is -2.48. The summed E-state index contributed by atoms with van der Waals surface area (Å²) in [6.45, 7) is -0.00857. The number of aromatic nitrogens is 3. The van der Waals surface area contributed by atoms with Gasteiger partial charge in [0.1, 0.15) is 23.9 Å². The number of carbonyl (C=O) groups excluding carboxylic acids is 1. The van der Waals surface area contributed by atoms with Gasteiger partial charge in [0.2, 0.25) is 5.88 Å². The summed E-state index contributed by atoms with van der Waals surface area (Å²) in [4.78, 5) is 21.8. The highest BCUT2D eigenvalue weighted by Crippen LogP contribution is 2.58. The summed E-state index contributed by atoms with van der Waals surface area (Å²) in [5, 5.41) is 2.76. The van der Waals surface area contributed by atoms with Crippen LogP contribution in [-0.2, 0) is 10.2 Å². The monoisotopic (exact) mass is 412 g/mol. The summed E-state index contributed by atoms with van der Waals surface area (Å²) in [5.74, 6) is 0.795. The molecule has 0 atom stereocenters. The number of nitrogens with one attached hydrogen (secondary N) is 1. The first kappa shape index (κ1) is 18.8. The molecule has 2 bridgehead atoms. The highest BCUT2D eigenvalue weighted by molar-refractivity contribution is 6.05. The van der Waals surface area contributed by atoms with Crippen molar-refractivity contribution < 1.29 is 23.4 Å². The van der Waals surface area contributed by atoms with Gasteiger partial charge < -0.3 is 23.9 Å². The van der Waals surface area contributed by atoms with Gasteiger partial charge in [-0.05, 0) is 18.9 Å². The number of nitrogens with zero attached hydrogens (tertiary/aromatic N) is 3. The Kier molecular flexibility index (Phi) is 4.18. The van der Waals surface area contributed by atoms with Crippen LogP contribution in [0.4, 0.5) is 10.2 Å². The van der Waals surface area contributed by atoms with Crippen molar-refractivity contribution in [1.29, 1.82) is 0 Å². The minimum absolute atomic E-state index is 0.252. The van der Waals surface area contributed by atoms with Crippen molar-refractivity contribution >= 4 is 17.4 Å². The maximum absolute atomic E-state index is 13.3. The van der Waals surface area contributed by atoms with Gasteiger partial charge in [-0.2, -0.15) is 4.98 Å². The van der Waals surface area contributed by atoms with Crippen LogP contribution in [0.25, 0.3) is 5.65 Å². The topological polar surface area (TPSA) is 87.0 Å². The van der Waals surface area contributed by atoms with Crippen LogP contribution in [0, 0.1) is 0 Å². The summed E-state index contributed by atoms with van der Waals surface area (Å²) in [6.07, 6.45) is 4.82. The highest BCUT2D eigenvalue weighted by Gasteiger charge is 2.64. The Morgan fingerprint density at radius 1 is 1.27 bits per heavy atom. The van der Waals surface area contributed by atoms with Crippen LogP contribution in [-0.4, -0.2) is 53.4 Å². The molecule has 0 unspecified atom stereocenters. The number of methoxy groups -OCH3 is 2. The van der Waals surface area contributed by atoms with Gasteiger partial charge in [0.15, 0.2) is 0 Å². The fraction of sp³-hybridized carbons (Fsp3) is 0.381. The third-order valence-electron chi connectivity index (χ3n) is 5.96. The van der Waals surface area contributed by atoms with Gasteiger partial charge in [-0.3, -0.25) is 4.79 Å². The van der Waals surface area contributed by atoms with E-state index in [0.29, 0.717) is 48.1 Å². The quantitative estimate of drug-likeness (QED) is 0.670. The fourth-order valence-electron chi connectivity index (χ4n) is 4.46. The average molecular weight is 412 g/mol. The molecule has 9 heteroatoms. The van der Waals surface area contributed by atoms with E-state index in [1.807, 2.05) is 6.20 Å². The summed E-state index contributed by atoms with van der Waals surface area (Å²) in [5.41, 5.74) is 0.945. The first-order chi connectivity index (χ1) is 14.5. The van der Waals surface area contributed by atoms with E-state index < -0.39 is 12.3 Å². The lowest BCUT2D eigenvalue weighted by atomic mass is 9.61. The van der Waals surface area contributed by atoms with Crippen LogP contribution < -0.4 is 14.8 Å². The van der Waals surface area contributed by atoms with E-state index in [9.17, 15) is 9.18 Å². The summed E-state index contributed by atoms with van der Waals surface area (Å²) in [6, 6.07) is 6.82. The number of fused-ring (bicyclic) bond motifs is 2. The molecular formula is C21H21FN4O4. The van der Waals surface area contributed by atoms with E-state index in [2.05, 4.69) is 10.3 Å². The maximum Gasteiger partial charge on any atom is 0.262 e. The average Bonchev–Trinajstić information content (AvgIpc) is 3.44. The molecule has 30 heavy (non-hydrogen) atoms. The molecule has 3 fully saturated rings. The molecular weight excluding hydrogens is 391 g/mol. The van der Waals surface area contributed by atoms with E-state index in [1.165, 1.54) is 14.2 Å². The van der Waals surface area contributed by atoms with E-state index in [-0.39, 0.29) is 11.3 Å². The molecule has 3 aromatic rings. The molecule has 3 aromatic heterocycles. The fourth-order valence-corrected chi connectivity index (χ4v) is 4.46. The second-order valence-corrected chi connectivity index (χ2v) is 7.91. The highest BCUT2D eigenvalue weighted by atomic mass is 19.1. The zero-order chi connectivity index (χ0) is 20.9. The van der Waals surface area contributed by atoms with Crippen LogP contribution in [0.2, 0.25) is 0 Å². The molecule has 0 aromatic carbocycles. The van der Waals surface area contributed by atoms with Crippen molar-refractivity contribution in [3.05, 3.63) is 47.9 Å². The third-order valence-corrected chi connectivity index (χ3v) is 5.96. The molecule has 0 radical (unpaired) electrons. The summed E-state index contributed by atoms with van der Waals surface area (Å²) >= 11 is 0. The van der Waals surface area contributed by atoms with E-state index in [0.717, 1.165) is 5.69 Å². The van der Waals surface area contributed by atoms with Crippen molar-refractivity contribution in [3.8, 4) is 11.6 Å². The Morgan fingerprint density at radius 3 is 2.80 bits per heavy atom. The van der Waals surface area contributed by atoms with Crippen LogP contribution in [0.1, 0.15) is 28.9 Å². The lowest BCUT2D eigenvalue weighted by Gasteiger charge is -2.41. The first-order valence-corrected chi connectivity index (χ1v) is 9.59. The van der Waals surface area contributed by atoms with Gasteiger partial charge in [0.05, 0.1) is 37.7 Å². The number of hydrogen-bond donors (Lipinski definition) is 1. The second-order valence-electron chi connectivity index (χ2n) is 7.91. The number of carbonyl (C=O) groups is 1. The van der Waals surface area contributed by atoms with Crippen LogP contribution in [0.5, 0.6) is 11.6 Å². The van der Waals surface area contributed by atoms with Gasteiger partial charge in [-0.15, -0.1) is 0 Å². The van der Waals surface area contributed by atoms with Crippen molar-refractivity contribution in [2.75, 3.05) is 32.8 Å². The van der Waals surface area contributed by atoms with E-state index in [1.54, 1.807) is 34.9 Å². The zero-order valence-electron chi connectivity index (χ0n) is 16.6. The molecule has 2 saturated heterocycles. The minimum Gasteiger partial charge on any atom is -0.496 e. The molecule has 1 saturated carbocycles. The van der Waals surface area contributed by atoms with Crippen molar-refractivity contribution in [1.82, 2.24) is 14.4 Å². The second kappa shape index (κ2) is 6.66. The molecule has 1 N–H and O–H groups in total. The zero-order valence-corrected chi connectivity index (χ0v) is 16.6. The maximum atomic E-state index is 13.3. The van der Waals surface area contributed by atoms with E-state index in [4.69, 9.17) is 19.2 Å². The Hall–Kier alpha value is -3.20. The first-order valence-electron chi connectivity index (χ1n) is 9.59. The number of rotatable bonds is 6. The standard InChI is InChI=1S/C21H21FN4O4/c1-28-14-6-17-23-15(20-9-21(10-20,11-22)30-12-20)8-26(17)7-13(14)19(27)25-16-4-3-5-18(24-16)29-2/h3-8H,9-12H2,1-2H3,(H,24,25,27). The lowest BCUT2D eigenvalue weighted by molar-refractivity contribution is -0.0235. The number of anilines is 1. The van der Waals surface area contributed by atoms with Gasteiger partial charge in [0, 0.05) is 29.9 Å². The van der Waals surface area contributed by atoms with Gasteiger partial charge >= 0.3 is 0 Å². The molecule has 6 rings (SSSR count). The van der Waals surface area contributed by atoms with Gasteiger partial charge in [0.25, 0.3) is 5.91 Å². The summed E-state index contributed by atoms with van der Waals surface area (Å²) in [7, 11) is 3.01. The third kappa shape index (κ3) is 2.80. The van der Waals surface area contributed by atoms with Gasteiger partial charge in [-0.1, -0.05) is 6.07 Å². The molecule has 1 aliphatic carbocycles. The number of imidazole rings is 1. The molecule has 3 aliphatic rings. The van der Waals surface area contributed by atoms with Gasteiger partial charge in [-0.25, -0.2) is 9.37 Å². The normalized spacial score (nSPS) is 24.5. The Morgan fingerprint density at radius 2 is 2.10 bits per heavy atom. The molecule has 156 valence electrons. The predicted octanol–water partition coefficient (Wildman–Crippen LogP) is 2.77. The largest absolute Gasteiger partial charge is 0.496 e. The Labute approximate surface area is 172 Å². The molecule has 1 amide bonds. The molecule has 5 heterocycles. The van der Waals surface area contributed by atoms with E-state index >= 15 is 0 Å². The van der Waals surface area contributed by atoms with Crippen molar-refractivity contribution in [2.24, 2.45) is 0 Å². The van der Waals surface area contributed by atoms with Crippen molar-refractivity contribution in [3.63, 3.8) is 0 Å². The number of pyridine rings is 2. The smallest absolute Gasteiger partial charge is 0.262 e. The SMILES string of the molecule is COc1cccc(NC(=O)c2cn3cc(C45COC(CF)(C4)C5)nc3cc2OC)n1. The van der Waals surface area contributed by atoms with Crippen molar-refractivity contribution in [2.45, 2.75) is 23.9 Å². The Bertz CT molecular complexity index is 1140. The molecule has 0 spiro atoms. The minimum atomic E-state index is -0.637. The molecule has 2 aliphatic heterocycles. The number of amides is 1.